The van der Waals surface area contributed by atoms with Gasteiger partial charge in [-0.3, -0.25) is 4.79 Å². The van der Waals surface area contributed by atoms with Crippen molar-refractivity contribution in [2.45, 2.75) is 13.3 Å². The van der Waals surface area contributed by atoms with Crippen molar-refractivity contribution in [2.75, 3.05) is 46.8 Å². The Morgan fingerprint density at radius 1 is 1.05 bits per heavy atom. The van der Waals surface area contributed by atoms with Gasteiger partial charge in [0.15, 0.2) is 5.78 Å². The molecule has 0 aromatic carbocycles. The molecule has 0 spiro atoms. The second-order valence-corrected chi connectivity index (χ2v) is 4.22. The third-order valence-corrected chi connectivity index (χ3v) is 2.64. The molecule has 0 fully saturated rings. The summed E-state index contributed by atoms with van der Waals surface area (Å²) < 4.78 is 20.9. The van der Waals surface area contributed by atoms with Gasteiger partial charge in [0.05, 0.1) is 39.2 Å². The first-order chi connectivity index (χ1) is 10.3. The number of hydrogen-bond acceptors (Lipinski definition) is 6. The fourth-order valence-corrected chi connectivity index (χ4v) is 1.49. The molecular weight excluding hydrogens is 274 g/mol. The third kappa shape index (κ3) is 7.75. The zero-order valence-corrected chi connectivity index (χ0v) is 12.7. The molecule has 0 radical (unpaired) electrons. The number of methoxy groups -OCH3 is 1. The van der Waals surface area contributed by atoms with Crippen molar-refractivity contribution < 1.29 is 23.7 Å². The molecule has 0 amide bonds. The van der Waals surface area contributed by atoms with E-state index in [-0.39, 0.29) is 5.78 Å². The Morgan fingerprint density at radius 2 is 1.71 bits per heavy atom. The van der Waals surface area contributed by atoms with Crippen molar-refractivity contribution in [3.05, 3.63) is 24.0 Å². The molecule has 118 valence electrons. The fourth-order valence-electron chi connectivity index (χ4n) is 1.49. The highest BCUT2D eigenvalue weighted by Gasteiger charge is 2.04. The van der Waals surface area contributed by atoms with Gasteiger partial charge in [-0.05, 0) is 12.1 Å². The Labute approximate surface area is 125 Å². The molecule has 0 N–H and O–H groups in total. The molecule has 21 heavy (non-hydrogen) atoms. The number of nitrogens with zero attached hydrogens (tertiary/aromatic N) is 1. The Balaban J connectivity index is 2.06. The lowest BCUT2D eigenvalue weighted by atomic mass is 10.2. The van der Waals surface area contributed by atoms with Gasteiger partial charge in [-0.1, -0.05) is 6.92 Å². The van der Waals surface area contributed by atoms with Gasteiger partial charge in [0.1, 0.15) is 18.1 Å². The minimum atomic E-state index is 0.0263. The molecule has 1 aromatic rings. The monoisotopic (exact) mass is 297 g/mol. The van der Waals surface area contributed by atoms with Crippen LogP contribution in [0.3, 0.4) is 0 Å². The molecule has 1 heterocycles. The number of aromatic nitrogens is 1. The van der Waals surface area contributed by atoms with Crippen LogP contribution >= 0.6 is 0 Å². The summed E-state index contributed by atoms with van der Waals surface area (Å²) in [6, 6.07) is 3.41. The van der Waals surface area contributed by atoms with Gasteiger partial charge < -0.3 is 18.9 Å². The molecule has 1 aromatic heterocycles. The average Bonchev–Trinajstić information content (AvgIpc) is 2.53. The minimum Gasteiger partial charge on any atom is -0.490 e. The number of ketones is 1. The normalized spacial score (nSPS) is 10.6. The summed E-state index contributed by atoms with van der Waals surface area (Å²) in [5.41, 5.74) is 0.467. The molecule has 0 atom stereocenters. The maximum Gasteiger partial charge on any atom is 0.180 e. The SMILES string of the molecule is CCC(=O)c1ccc(OCCOCCOCCOC)cn1. The van der Waals surface area contributed by atoms with Crippen LogP contribution in [0, 0.1) is 0 Å². The van der Waals surface area contributed by atoms with Crippen LogP contribution in [0.15, 0.2) is 18.3 Å². The minimum absolute atomic E-state index is 0.0263. The predicted octanol–water partition coefficient (Wildman–Crippen LogP) is 1.73. The number of rotatable bonds is 12. The van der Waals surface area contributed by atoms with Gasteiger partial charge in [0, 0.05) is 13.5 Å². The van der Waals surface area contributed by atoms with Gasteiger partial charge >= 0.3 is 0 Å². The van der Waals surface area contributed by atoms with Crippen LogP contribution in [0.2, 0.25) is 0 Å². The van der Waals surface area contributed by atoms with E-state index in [9.17, 15) is 4.79 Å². The maximum atomic E-state index is 11.4. The van der Waals surface area contributed by atoms with Gasteiger partial charge in [-0.2, -0.15) is 0 Å². The van der Waals surface area contributed by atoms with E-state index >= 15 is 0 Å². The molecule has 1 rings (SSSR count). The lowest BCUT2D eigenvalue weighted by Gasteiger charge is -2.07. The van der Waals surface area contributed by atoms with Crippen LogP contribution in [0.4, 0.5) is 0 Å². The van der Waals surface area contributed by atoms with E-state index in [4.69, 9.17) is 18.9 Å². The summed E-state index contributed by atoms with van der Waals surface area (Å²) >= 11 is 0. The summed E-state index contributed by atoms with van der Waals surface area (Å²) in [6.45, 7) is 4.94. The summed E-state index contributed by atoms with van der Waals surface area (Å²) in [5.74, 6) is 0.654. The molecule has 6 heteroatoms. The maximum absolute atomic E-state index is 11.4. The van der Waals surface area contributed by atoms with E-state index in [0.717, 1.165) is 0 Å². The second kappa shape index (κ2) is 11.2. The number of carbonyl (C=O) groups is 1. The first-order valence-corrected chi connectivity index (χ1v) is 7.04. The smallest absolute Gasteiger partial charge is 0.180 e. The Kier molecular flexibility index (Phi) is 9.35. The number of pyridine rings is 1. The van der Waals surface area contributed by atoms with Crippen LogP contribution in [0.5, 0.6) is 5.75 Å². The Bertz CT molecular complexity index is 394. The number of ether oxygens (including phenoxy) is 4. The van der Waals surface area contributed by atoms with E-state index in [1.165, 1.54) is 0 Å². The second-order valence-electron chi connectivity index (χ2n) is 4.22. The van der Waals surface area contributed by atoms with Crippen molar-refractivity contribution in [1.29, 1.82) is 0 Å². The lowest BCUT2D eigenvalue weighted by Crippen LogP contribution is -2.12. The highest BCUT2D eigenvalue weighted by Crippen LogP contribution is 2.10. The Morgan fingerprint density at radius 3 is 2.29 bits per heavy atom. The van der Waals surface area contributed by atoms with Crippen molar-refractivity contribution in [1.82, 2.24) is 4.98 Å². The van der Waals surface area contributed by atoms with Gasteiger partial charge in [-0.25, -0.2) is 4.98 Å². The van der Waals surface area contributed by atoms with Gasteiger partial charge in [0.25, 0.3) is 0 Å². The summed E-state index contributed by atoms with van der Waals surface area (Å²) in [6.07, 6.45) is 2.00. The van der Waals surface area contributed by atoms with Crippen LogP contribution in [-0.4, -0.2) is 57.5 Å². The van der Waals surface area contributed by atoms with E-state index in [0.29, 0.717) is 57.5 Å². The van der Waals surface area contributed by atoms with E-state index in [1.807, 2.05) is 6.92 Å². The zero-order chi connectivity index (χ0) is 15.3. The molecule has 0 aliphatic carbocycles. The molecular formula is C15H23NO5. The zero-order valence-electron chi connectivity index (χ0n) is 12.7. The van der Waals surface area contributed by atoms with Crippen molar-refractivity contribution in [3.8, 4) is 5.75 Å². The predicted molar refractivity (Wildman–Crippen MR) is 77.9 cm³/mol. The molecule has 0 aliphatic heterocycles. The van der Waals surface area contributed by atoms with E-state index in [2.05, 4.69) is 4.98 Å². The number of Topliss-reactive ketones (excluding diaryl/α,β-unsaturated/α-hetero) is 1. The Hall–Kier alpha value is -1.50. The highest BCUT2D eigenvalue weighted by molar-refractivity contribution is 5.93. The fraction of sp³-hybridized carbons (Fsp3) is 0.600. The molecule has 0 saturated heterocycles. The first kappa shape index (κ1) is 17.6. The van der Waals surface area contributed by atoms with Crippen LogP contribution in [0.1, 0.15) is 23.8 Å². The topological polar surface area (TPSA) is 66.9 Å². The largest absolute Gasteiger partial charge is 0.490 e. The van der Waals surface area contributed by atoms with Gasteiger partial charge in [-0.15, -0.1) is 0 Å². The van der Waals surface area contributed by atoms with Crippen molar-refractivity contribution in [2.24, 2.45) is 0 Å². The average molecular weight is 297 g/mol. The van der Waals surface area contributed by atoms with Crippen molar-refractivity contribution in [3.63, 3.8) is 0 Å². The van der Waals surface area contributed by atoms with E-state index < -0.39 is 0 Å². The molecule has 0 saturated carbocycles. The van der Waals surface area contributed by atoms with Crippen molar-refractivity contribution >= 4 is 5.78 Å². The highest BCUT2D eigenvalue weighted by atomic mass is 16.6. The quantitative estimate of drug-likeness (QED) is 0.432. The molecule has 0 bridgehead atoms. The number of hydrogen-bond donors (Lipinski definition) is 0. The van der Waals surface area contributed by atoms with E-state index in [1.54, 1.807) is 25.4 Å². The van der Waals surface area contributed by atoms with Crippen LogP contribution < -0.4 is 4.74 Å². The van der Waals surface area contributed by atoms with Crippen LogP contribution in [-0.2, 0) is 14.2 Å². The summed E-state index contributed by atoms with van der Waals surface area (Å²) in [7, 11) is 1.64. The summed E-state index contributed by atoms with van der Waals surface area (Å²) in [4.78, 5) is 15.5. The summed E-state index contributed by atoms with van der Waals surface area (Å²) in [5, 5.41) is 0. The van der Waals surface area contributed by atoms with Gasteiger partial charge in [0.2, 0.25) is 0 Å². The molecule has 0 aliphatic rings. The molecule has 0 unspecified atom stereocenters. The molecule has 6 nitrogen and oxygen atoms in total. The standard InChI is InChI=1S/C15H23NO5/c1-3-15(17)14-5-4-13(12-16-14)21-11-10-20-9-8-19-7-6-18-2/h4-5,12H,3,6-11H2,1-2H3. The van der Waals surface area contributed by atoms with Crippen LogP contribution in [0.25, 0.3) is 0 Å². The first-order valence-electron chi connectivity index (χ1n) is 7.04. The number of carbonyl (C=O) groups excluding carboxylic acids is 1. The third-order valence-electron chi connectivity index (χ3n) is 2.64. The lowest BCUT2D eigenvalue weighted by molar-refractivity contribution is 0.0179.